The largest absolute Gasteiger partial charge is 0.422 e. The number of anilines is 1. The number of hydrogen-bond acceptors (Lipinski definition) is 8. The Morgan fingerprint density at radius 2 is 1.88 bits per heavy atom. The average molecular weight is 330 g/mol. The van der Waals surface area contributed by atoms with Gasteiger partial charge in [0, 0.05) is 19.9 Å². The van der Waals surface area contributed by atoms with Gasteiger partial charge in [-0.1, -0.05) is 19.0 Å². The molecule has 0 radical (unpaired) electrons. The van der Waals surface area contributed by atoms with Gasteiger partial charge in [-0.25, -0.2) is 9.97 Å². The Bertz CT molecular complexity index is 838. The topological polar surface area (TPSA) is 94.0 Å². The standard InChI is InChI=1S/C16H22N6O2/c1-6-22(8-12-20-13(24-21-12)7-9(2)3)15-14-16(18-10(4)17-15)23-11(5)19-14/h9H,6-8H2,1-5H3. The van der Waals surface area contributed by atoms with Gasteiger partial charge in [0.2, 0.25) is 5.89 Å². The number of nitrogens with zero attached hydrogens (tertiary/aromatic N) is 6. The number of rotatable bonds is 6. The van der Waals surface area contributed by atoms with Gasteiger partial charge in [0.25, 0.3) is 5.71 Å². The van der Waals surface area contributed by atoms with E-state index in [4.69, 9.17) is 8.94 Å². The van der Waals surface area contributed by atoms with Crippen LogP contribution in [0.1, 0.15) is 44.2 Å². The molecule has 0 aromatic carbocycles. The molecule has 3 aromatic heterocycles. The molecular weight excluding hydrogens is 308 g/mol. The fraction of sp³-hybridized carbons (Fsp3) is 0.562. The normalized spacial score (nSPS) is 11.6. The predicted octanol–water partition coefficient (Wildman–Crippen LogP) is 2.84. The molecule has 0 aliphatic rings. The second-order valence-electron chi connectivity index (χ2n) is 6.20. The van der Waals surface area contributed by atoms with Crippen LogP contribution in [0.5, 0.6) is 0 Å². The third-order valence-corrected chi connectivity index (χ3v) is 3.57. The Balaban J connectivity index is 1.90. The lowest BCUT2D eigenvalue weighted by Crippen LogP contribution is -2.24. The van der Waals surface area contributed by atoms with E-state index in [9.17, 15) is 0 Å². The minimum Gasteiger partial charge on any atom is -0.422 e. The first-order valence-electron chi connectivity index (χ1n) is 8.14. The van der Waals surface area contributed by atoms with Crippen molar-refractivity contribution in [3.05, 3.63) is 23.4 Å². The second kappa shape index (κ2) is 6.54. The molecule has 0 aliphatic carbocycles. The third kappa shape index (κ3) is 3.37. The zero-order valence-corrected chi connectivity index (χ0v) is 14.7. The Hall–Kier alpha value is -2.51. The summed E-state index contributed by atoms with van der Waals surface area (Å²) in [5, 5.41) is 4.08. The van der Waals surface area contributed by atoms with Crippen LogP contribution in [0.15, 0.2) is 8.94 Å². The van der Waals surface area contributed by atoms with Crippen LogP contribution in [0, 0.1) is 19.8 Å². The second-order valence-corrected chi connectivity index (χ2v) is 6.20. The minimum atomic E-state index is 0.475. The SMILES string of the molecule is CCN(Cc1noc(CC(C)C)n1)c1nc(C)nc2oc(C)nc12. The van der Waals surface area contributed by atoms with Crippen LogP contribution in [0.3, 0.4) is 0 Å². The monoisotopic (exact) mass is 330 g/mol. The highest BCUT2D eigenvalue weighted by Gasteiger charge is 2.19. The van der Waals surface area contributed by atoms with Crippen LogP contribution in [0.2, 0.25) is 0 Å². The Labute approximate surface area is 140 Å². The van der Waals surface area contributed by atoms with Crippen LogP contribution < -0.4 is 4.90 Å². The van der Waals surface area contributed by atoms with Gasteiger partial charge in [-0.05, 0) is 19.8 Å². The number of aromatic nitrogens is 5. The molecule has 3 heterocycles. The van der Waals surface area contributed by atoms with Gasteiger partial charge < -0.3 is 13.8 Å². The van der Waals surface area contributed by atoms with E-state index in [2.05, 4.69) is 38.9 Å². The van der Waals surface area contributed by atoms with Crippen molar-refractivity contribution in [2.24, 2.45) is 5.92 Å². The number of aryl methyl sites for hydroxylation is 2. The van der Waals surface area contributed by atoms with Crippen molar-refractivity contribution in [1.82, 2.24) is 25.1 Å². The molecule has 0 unspecified atom stereocenters. The summed E-state index contributed by atoms with van der Waals surface area (Å²) in [7, 11) is 0. The highest BCUT2D eigenvalue weighted by Crippen LogP contribution is 2.25. The molecule has 0 amide bonds. The van der Waals surface area contributed by atoms with E-state index in [-0.39, 0.29) is 0 Å². The summed E-state index contributed by atoms with van der Waals surface area (Å²) in [4.78, 5) is 19.8. The molecule has 0 spiro atoms. The Kier molecular flexibility index (Phi) is 4.46. The molecule has 0 saturated carbocycles. The maximum atomic E-state index is 5.54. The van der Waals surface area contributed by atoms with E-state index in [1.165, 1.54) is 0 Å². The van der Waals surface area contributed by atoms with E-state index in [1.54, 1.807) is 6.92 Å². The third-order valence-electron chi connectivity index (χ3n) is 3.57. The minimum absolute atomic E-state index is 0.475. The van der Waals surface area contributed by atoms with Gasteiger partial charge in [-0.15, -0.1) is 0 Å². The molecule has 128 valence electrons. The van der Waals surface area contributed by atoms with Crippen LogP contribution in [-0.4, -0.2) is 31.6 Å². The van der Waals surface area contributed by atoms with Crippen molar-refractivity contribution >= 4 is 17.0 Å². The molecule has 0 bridgehead atoms. The molecule has 24 heavy (non-hydrogen) atoms. The van der Waals surface area contributed by atoms with E-state index in [0.717, 1.165) is 18.8 Å². The number of oxazole rings is 1. The van der Waals surface area contributed by atoms with Gasteiger partial charge >= 0.3 is 0 Å². The molecule has 0 fully saturated rings. The van der Waals surface area contributed by atoms with Crippen molar-refractivity contribution in [2.45, 2.75) is 47.6 Å². The van der Waals surface area contributed by atoms with Gasteiger partial charge in [-0.2, -0.15) is 9.97 Å². The number of fused-ring (bicyclic) bond motifs is 1. The van der Waals surface area contributed by atoms with E-state index < -0.39 is 0 Å². The predicted molar refractivity (Wildman–Crippen MR) is 88.6 cm³/mol. The first-order valence-corrected chi connectivity index (χ1v) is 8.14. The van der Waals surface area contributed by atoms with E-state index >= 15 is 0 Å². The molecule has 3 rings (SSSR count). The van der Waals surface area contributed by atoms with Crippen molar-refractivity contribution in [3.8, 4) is 0 Å². The highest BCUT2D eigenvalue weighted by molar-refractivity contribution is 5.81. The Morgan fingerprint density at radius 1 is 1.08 bits per heavy atom. The van der Waals surface area contributed by atoms with Gasteiger partial charge in [0.1, 0.15) is 5.82 Å². The summed E-state index contributed by atoms with van der Waals surface area (Å²) in [6.45, 7) is 11.1. The van der Waals surface area contributed by atoms with Crippen molar-refractivity contribution in [2.75, 3.05) is 11.4 Å². The van der Waals surface area contributed by atoms with Gasteiger partial charge in [0.05, 0.1) is 6.54 Å². The lowest BCUT2D eigenvalue weighted by atomic mass is 10.1. The van der Waals surface area contributed by atoms with Crippen LogP contribution in [-0.2, 0) is 13.0 Å². The molecule has 0 N–H and O–H groups in total. The Morgan fingerprint density at radius 3 is 2.58 bits per heavy atom. The number of hydrogen-bond donors (Lipinski definition) is 0. The van der Waals surface area contributed by atoms with Gasteiger partial charge in [-0.3, -0.25) is 0 Å². The van der Waals surface area contributed by atoms with Crippen LogP contribution >= 0.6 is 0 Å². The quantitative estimate of drug-likeness (QED) is 0.681. The van der Waals surface area contributed by atoms with E-state index in [1.807, 2.05) is 18.7 Å². The first kappa shape index (κ1) is 16.4. The average Bonchev–Trinajstić information content (AvgIpc) is 3.08. The molecule has 3 aromatic rings. The molecule has 8 nitrogen and oxygen atoms in total. The first-order chi connectivity index (χ1) is 11.5. The molecule has 0 atom stereocenters. The van der Waals surface area contributed by atoms with Crippen LogP contribution in [0.4, 0.5) is 5.82 Å². The van der Waals surface area contributed by atoms with Crippen molar-refractivity contribution in [1.29, 1.82) is 0 Å². The smallest absolute Gasteiger partial charge is 0.252 e. The molecule has 0 saturated heterocycles. The van der Waals surface area contributed by atoms with Crippen LogP contribution in [0.25, 0.3) is 11.2 Å². The fourth-order valence-electron chi connectivity index (χ4n) is 2.53. The molecule has 8 heteroatoms. The summed E-state index contributed by atoms with van der Waals surface area (Å²) < 4.78 is 10.9. The zero-order chi connectivity index (χ0) is 17.3. The summed E-state index contributed by atoms with van der Waals surface area (Å²) in [6, 6.07) is 0. The zero-order valence-electron chi connectivity index (χ0n) is 14.7. The molecule has 0 aliphatic heterocycles. The maximum Gasteiger partial charge on any atom is 0.252 e. The van der Waals surface area contributed by atoms with Crippen molar-refractivity contribution < 1.29 is 8.94 Å². The fourth-order valence-corrected chi connectivity index (χ4v) is 2.53. The van der Waals surface area contributed by atoms with Crippen molar-refractivity contribution in [3.63, 3.8) is 0 Å². The molecular formula is C16H22N6O2. The maximum absolute atomic E-state index is 5.54. The summed E-state index contributed by atoms with van der Waals surface area (Å²) >= 11 is 0. The summed E-state index contributed by atoms with van der Waals surface area (Å²) in [5.41, 5.74) is 1.16. The van der Waals surface area contributed by atoms with E-state index in [0.29, 0.717) is 47.1 Å². The van der Waals surface area contributed by atoms with Gasteiger partial charge in [0.15, 0.2) is 23.0 Å². The lowest BCUT2D eigenvalue weighted by molar-refractivity contribution is 0.358. The summed E-state index contributed by atoms with van der Waals surface area (Å²) in [5.74, 6) is 3.71. The highest BCUT2D eigenvalue weighted by atomic mass is 16.5. The lowest BCUT2D eigenvalue weighted by Gasteiger charge is -2.20. The summed E-state index contributed by atoms with van der Waals surface area (Å²) in [6.07, 6.45) is 0.776.